The van der Waals surface area contributed by atoms with E-state index < -0.39 is 0 Å². The molecule has 0 bridgehead atoms. The largest absolute Gasteiger partial charge is 0.487 e. The van der Waals surface area contributed by atoms with E-state index in [1.807, 2.05) is 30.5 Å². The van der Waals surface area contributed by atoms with Gasteiger partial charge in [-0.25, -0.2) is 0 Å². The number of nitrogens with zero attached hydrogens (tertiary/aromatic N) is 1. The van der Waals surface area contributed by atoms with Crippen LogP contribution in [0.1, 0.15) is 27.8 Å². The molecule has 0 heterocycles. The van der Waals surface area contributed by atoms with Crippen LogP contribution in [-0.4, -0.2) is 6.21 Å². The minimum absolute atomic E-state index is 0.505. The van der Waals surface area contributed by atoms with Crippen molar-refractivity contribution in [3.8, 4) is 5.75 Å². The number of rotatable bonds is 5. The molecule has 3 aromatic carbocycles. The minimum atomic E-state index is 0.505. The van der Waals surface area contributed by atoms with Crippen LogP contribution in [0, 0.1) is 20.8 Å². The Morgan fingerprint density at radius 1 is 0.963 bits per heavy atom. The molecule has 0 radical (unpaired) electrons. The number of aryl methyl sites for hydroxylation is 2. The second kappa shape index (κ2) is 8.85. The van der Waals surface area contributed by atoms with Gasteiger partial charge >= 0.3 is 0 Å². The normalized spacial score (nSPS) is 11.1. The monoisotopic (exact) mass is 485 g/mol. The fourth-order valence-corrected chi connectivity index (χ4v) is 4.06. The zero-order valence-corrected chi connectivity index (χ0v) is 18.8. The first-order valence-electron chi connectivity index (χ1n) is 8.71. The van der Waals surface area contributed by atoms with Crippen molar-refractivity contribution in [1.29, 1.82) is 0 Å². The lowest BCUT2D eigenvalue weighted by molar-refractivity contribution is 0.304. The molecular formula is C23H21Br2NO. The fraction of sp³-hybridized carbons (Fsp3) is 0.174. The third-order valence-corrected chi connectivity index (χ3v) is 5.51. The molecule has 0 saturated heterocycles. The maximum atomic E-state index is 6.13. The Hall–Kier alpha value is -1.91. The standard InChI is InChI=1S/C23H21Br2NO/c1-15-7-9-18(10-8-15)14-27-23-19(11-20(24)12-21(23)25)13-26-22-6-4-5-16(2)17(22)3/h4-13H,14H2,1-3H3. The van der Waals surface area contributed by atoms with Crippen LogP contribution >= 0.6 is 31.9 Å². The topological polar surface area (TPSA) is 21.6 Å². The van der Waals surface area contributed by atoms with Gasteiger partial charge in [0.25, 0.3) is 0 Å². The van der Waals surface area contributed by atoms with Gasteiger partial charge in [-0.15, -0.1) is 0 Å². The third-order valence-electron chi connectivity index (χ3n) is 4.46. The van der Waals surface area contributed by atoms with Crippen molar-refractivity contribution in [3.63, 3.8) is 0 Å². The predicted octanol–water partition coefficient (Wildman–Crippen LogP) is 7.47. The summed E-state index contributed by atoms with van der Waals surface area (Å²) in [5, 5.41) is 0. The Labute approximate surface area is 177 Å². The molecule has 0 fully saturated rings. The van der Waals surface area contributed by atoms with Crippen molar-refractivity contribution in [2.24, 2.45) is 4.99 Å². The summed E-state index contributed by atoms with van der Waals surface area (Å²) in [6, 6.07) is 18.5. The lowest BCUT2D eigenvalue weighted by Crippen LogP contribution is -2.00. The van der Waals surface area contributed by atoms with Crippen molar-refractivity contribution in [2.75, 3.05) is 0 Å². The number of ether oxygens (including phenoxy) is 1. The van der Waals surface area contributed by atoms with Gasteiger partial charge in [0.15, 0.2) is 0 Å². The highest BCUT2D eigenvalue weighted by Gasteiger charge is 2.10. The Morgan fingerprint density at radius 2 is 1.70 bits per heavy atom. The molecular weight excluding hydrogens is 466 g/mol. The summed E-state index contributed by atoms with van der Waals surface area (Å²) in [5.74, 6) is 0.785. The number of halogens is 2. The van der Waals surface area contributed by atoms with E-state index in [0.717, 1.165) is 31.5 Å². The smallest absolute Gasteiger partial charge is 0.142 e. The summed E-state index contributed by atoms with van der Waals surface area (Å²) in [4.78, 5) is 4.70. The maximum Gasteiger partial charge on any atom is 0.142 e. The quantitative estimate of drug-likeness (QED) is 0.343. The minimum Gasteiger partial charge on any atom is -0.487 e. The predicted molar refractivity (Wildman–Crippen MR) is 121 cm³/mol. The lowest BCUT2D eigenvalue weighted by Gasteiger charge is -2.12. The third kappa shape index (κ3) is 5.08. The van der Waals surface area contributed by atoms with Gasteiger partial charge in [0.1, 0.15) is 12.4 Å². The average molecular weight is 487 g/mol. The molecule has 0 aliphatic rings. The van der Waals surface area contributed by atoms with Crippen molar-refractivity contribution >= 4 is 43.8 Å². The van der Waals surface area contributed by atoms with Crippen molar-refractivity contribution in [3.05, 3.63) is 91.4 Å². The van der Waals surface area contributed by atoms with E-state index in [9.17, 15) is 0 Å². The summed E-state index contributed by atoms with van der Waals surface area (Å²) in [7, 11) is 0. The lowest BCUT2D eigenvalue weighted by atomic mass is 10.1. The van der Waals surface area contributed by atoms with Crippen molar-refractivity contribution in [1.82, 2.24) is 0 Å². The maximum absolute atomic E-state index is 6.13. The van der Waals surface area contributed by atoms with Crippen LogP contribution < -0.4 is 4.74 Å². The van der Waals surface area contributed by atoms with Gasteiger partial charge in [0, 0.05) is 16.3 Å². The molecule has 138 valence electrons. The summed E-state index contributed by atoms with van der Waals surface area (Å²) in [5.41, 5.74) is 6.68. The Kier molecular flexibility index (Phi) is 6.51. The van der Waals surface area contributed by atoms with Crippen LogP contribution in [0.2, 0.25) is 0 Å². The number of hydrogen-bond donors (Lipinski definition) is 0. The Balaban J connectivity index is 1.89. The van der Waals surface area contributed by atoms with Gasteiger partial charge in [-0.1, -0.05) is 57.9 Å². The van der Waals surface area contributed by atoms with Gasteiger partial charge in [0.2, 0.25) is 0 Å². The highest BCUT2D eigenvalue weighted by atomic mass is 79.9. The molecule has 27 heavy (non-hydrogen) atoms. The van der Waals surface area contributed by atoms with E-state index in [2.05, 4.69) is 83.0 Å². The summed E-state index contributed by atoms with van der Waals surface area (Å²) < 4.78 is 8.00. The van der Waals surface area contributed by atoms with Crippen LogP contribution in [0.4, 0.5) is 5.69 Å². The van der Waals surface area contributed by atoms with Crippen molar-refractivity contribution < 1.29 is 4.74 Å². The number of aliphatic imine (C=N–C) groups is 1. The average Bonchev–Trinajstić information content (AvgIpc) is 2.63. The molecule has 3 aromatic rings. The van der Waals surface area contributed by atoms with E-state index in [1.54, 1.807) is 0 Å². The first kappa shape index (κ1) is 19.8. The zero-order valence-electron chi connectivity index (χ0n) is 15.6. The van der Waals surface area contributed by atoms with E-state index >= 15 is 0 Å². The molecule has 3 rings (SSSR count). The Bertz CT molecular complexity index is 978. The first-order chi connectivity index (χ1) is 12.9. The molecule has 0 saturated carbocycles. The van der Waals surface area contributed by atoms with E-state index in [4.69, 9.17) is 9.73 Å². The van der Waals surface area contributed by atoms with E-state index in [0.29, 0.717) is 6.61 Å². The summed E-state index contributed by atoms with van der Waals surface area (Å²) in [6.07, 6.45) is 1.86. The van der Waals surface area contributed by atoms with Gasteiger partial charge in [-0.3, -0.25) is 4.99 Å². The fourth-order valence-electron chi connectivity index (χ4n) is 2.68. The molecule has 0 aliphatic heterocycles. The van der Waals surface area contributed by atoms with Crippen LogP contribution in [0.15, 0.2) is 68.5 Å². The van der Waals surface area contributed by atoms with Gasteiger partial charge < -0.3 is 4.74 Å². The van der Waals surface area contributed by atoms with E-state index in [1.165, 1.54) is 16.7 Å². The number of hydrogen-bond acceptors (Lipinski definition) is 2. The number of benzene rings is 3. The molecule has 0 spiro atoms. The van der Waals surface area contributed by atoms with Gasteiger partial charge in [0.05, 0.1) is 10.2 Å². The molecule has 0 aliphatic carbocycles. The van der Waals surface area contributed by atoms with Crippen LogP contribution in [-0.2, 0) is 6.61 Å². The molecule has 0 atom stereocenters. The highest BCUT2D eigenvalue weighted by molar-refractivity contribution is 9.11. The zero-order chi connectivity index (χ0) is 19.4. The second-order valence-electron chi connectivity index (χ2n) is 6.56. The van der Waals surface area contributed by atoms with Crippen molar-refractivity contribution in [2.45, 2.75) is 27.4 Å². The summed E-state index contributed by atoms with van der Waals surface area (Å²) >= 11 is 7.18. The van der Waals surface area contributed by atoms with E-state index in [-0.39, 0.29) is 0 Å². The highest BCUT2D eigenvalue weighted by Crippen LogP contribution is 2.33. The molecule has 4 heteroatoms. The molecule has 0 aromatic heterocycles. The van der Waals surface area contributed by atoms with Gasteiger partial charge in [-0.2, -0.15) is 0 Å². The first-order valence-corrected chi connectivity index (χ1v) is 10.3. The van der Waals surface area contributed by atoms with Gasteiger partial charge in [-0.05, 0) is 71.6 Å². The molecule has 0 unspecified atom stereocenters. The van der Waals surface area contributed by atoms with Crippen LogP contribution in [0.3, 0.4) is 0 Å². The molecule has 2 nitrogen and oxygen atoms in total. The van der Waals surface area contributed by atoms with Crippen LogP contribution in [0.25, 0.3) is 0 Å². The molecule has 0 N–H and O–H groups in total. The SMILES string of the molecule is Cc1ccc(COc2c(Br)cc(Br)cc2C=Nc2cccc(C)c2C)cc1. The van der Waals surface area contributed by atoms with Crippen LogP contribution in [0.5, 0.6) is 5.75 Å². The summed E-state index contributed by atoms with van der Waals surface area (Å²) in [6.45, 7) is 6.77. The molecule has 0 amide bonds. The second-order valence-corrected chi connectivity index (χ2v) is 8.33. The Morgan fingerprint density at radius 3 is 2.44 bits per heavy atom.